The van der Waals surface area contributed by atoms with E-state index < -0.39 is 0 Å². The van der Waals surface area contributed by atoms with Crippen LogP contribution in [0.15, 0.2) is 30.3 Å². The van der Waals surface area contributed by atoms with Crippen molar-refractivity contribution in [2.45, 2.75) is 44.8 Å². The normalized spacial score (nSPS) is 27.7. The number of nitrogens with zero attached hydrogens (tertiary/aromatic N) is 1. The first-order chi connectivity index (χ1) is 8.78. The summed E-state index contributed by atoms with van der Waals surface area (Å²) in [5, 5.41) is 10.3. The van der Waals surface area contributed by atoms with E-state index in [0.29, 0.717) is 0 Å². The molecule has 1 saturated carbocycles. The van der Waals surface area contributed by atoms with Crippen LogP contribution in [0.3, 0.4) is 0 Å². The highest BCUT2D eigenvalue weighted by Gasteiger charge is 2.44. The first kappa shape index (κ1) is 12.2. The van der Waals surface area contributed by atoms with Crippen LogP contribution in [-0.2, 0) is 6.54 Å². The quantitative estimate of drug-likeness (QED) is 0.866. The van der Waals surface area contributed by atoms with Gasteiger partial charge in [-0.25, -0.2) is 0 Å². The maximum atomic E-state index is 10.3. The number of benzene rings is 1. The van der Waals surface area contributed by atoms with Crippen molar-refractivity contribution in [2.24, 2.45) is 5.41 Å². The Morgan fingerprint density at radius 1 is 1.17 bits per heavy atom. The molecule has 1 aliphatic heterocycles. The summed E-state index contributed by atoms with van der Waals surface area (Å²) in [5.74, 6) is 0. The number of aliphatic hydroxyl groups excluding tert-OH is 1. The molecule has 0 aromatic heterocycles. The second-order valence-corrected chi connectivity index (χ2v) is 6.07. The Labute approximate surface area is 110 Å². The van der Waals surface area contributed by atoms with E-state index in [0.717, 1.165) is 26.1 Å². The molecule has 1 aromatic carbocycles. The number of likely N-dealkylation sites (tertiary alicyclic amines) is 1. The average molecular weight is 245 g/mol. The highest BCUT2D eigenvalue weighted by atomic mass is 16.3. The molecule has 2 aliphatic rings. The van der Waals surface area contributed by atoms with Crippen molar-refractivity contribution in [3.8, 4) is 0 Å². The van der Waals surface area contributed by atoms with Gasteiger partial charge in [-0.2, -0.15) is 0 Å². The van der Waals surface area contributed by atoms with Crippen molar-refractivity contribution in [3.05, 3.63) is 35.9 Å². The Bertz CT molecular complexity index is 383. The van der Waals surface area contributed by atoms with Gasteiger partial charge in [0.05, 0.1) is 6.10 Å². The van der Waals surface area contributed by atoms with Crippen LogP contribution in [0, 0.1) is 5.41 Å². The van der Waals surface area contributed by atoms with E-state index >= 15 is 0 Å². The third-order valence-electron chi connectivity index (χ3n) is 4.81. The standard InChI is InChI=1S/C16H23NO/c18-15-8-11-17(12-14-6-2-1-3-7-14)13-16(15)9-4-5-10-16/h1-3,6-7,15,18H,4-5,8-13H2. The summed E-state index contributed by atoms with van der Waals surface area (Å²) >= 11 is 0. The van der Waals surface area contributed by atoms with Gasteiger partial charge in [0.15, 0.2) is 0 Å². The lowest BCUT2D eigenvalue weighted by Crippen LogP contribution is -2.49. The Balaban J connectivity index is 1.68. The average Bonchev–Trinajstić information content (AvgIpc) is 2.85. The summed E-state index contributed by atoms with van der Waals surface area (Å²) in [6.07, 6.45) is 5.94. The largest absolute Gasteiger partial charge is 0.392 e. The van der Waals surface area contributed by atoms with Gasteiger partial charge >= 0.3 is 0 Å². The first-order valence-corrected chi connectivity index (χ1v) is 7.23. The van der Waals surface area contributed by atoms with Crippen molar-refractivity contribution in [1.82, 2.24) is 4.90 Å². The molecule has 1 N–H and O–H groups in total. The van der Waals surface area contributed by atoms with Gasteiger partial charge in [-0.15, -0.1) is 0 Å². The van der Waals surface area contributed by atoms with Crippen LogP contribution < -0.4 is 0 Å². The summed E-state index contributed by atoms with van der Waals surface area (Å²) in [7, 11) is 0. The molecule has 3 rings (SSSR count). The van der Waals surface area contributed by atoms with Crippen LogP contribution in [0.2, 0.25) is 0 Å². The van der Waals surface area contributed by atoms with E-state index in [2.05, 4.69) is 35.2 Å². The van der Waals surface area contributed by atoms with Crippen LogP contribution in [0.25, 0.3) is 0 Å². The second kappa shape index (κ2) is 5.02. The van der Waals surface area contributed by atoms with Gasteiger partial charge in [0.25, 0.3) is 0 Å². The number of hydrogen-bond donors (Lipinski definition) is 1. The minimum atomic E-state index is -0.0629. The molecular formula is C16H23NO. The van der Waals surface area contributed by atoms with E-state index in [1.54, 1.807) is 0 Å². The first-order valence-electron chi connectivity index (χ1n) is 7.23. The lowest BCUT2D eigenvalue weighted by molar-refractivity contribution is -0.0449. The molecule has 1 aliphatic carbocycles. The predicted molar refractivity (Wildman–Crippen MR) is 73.2 cm³/mol. The fraction of sp³-hybridized carbons (Fsp3) is 0.625. The summed E-state index contributed by atoms with van der Waals surface area (Å²) in [6.45, 7) is 3.16. The highest BCUT2D eigenvalue weighted by Crippen LogP contribution is 2.45. The van der Waals surface area contributed by atoms with Crippen molar-refractivity contribution in [3.63, 3.8) is 0 Å². The molecule has 1 atom stereocenters. The van der Waals surface area contributed by atoms with Gasteiger partial charge in [-0.3, -0.25) is 4.90 Å². The molecule has 18 heavy (non-hydrogen) atoms. The van der Waals surface area contributed by atoms with E-state index in [9.17, 15) is 5.11 Å². The fourth-order valence-corrected chi connectivity index (χ4v) is 3.79. The van der Waals surface area contributed by atoms with Crippen molar-refractivity contribution >= 4 is 0 Å². The van der Waals surface area contributed by atoms with Gasteiger partial charge in [-0.05, 0) is 24.8 Å². The topological polar surface area (TPSA) is 23.5 Å². The monoisotopic (exact) mass is 245 g/mol. The zero-order valence-corrected chi connectivity index (χ0v) is 11.0. The van der Waals surface area contributed by atoms with Crippen molar-refractivity contribution < 1.29 is 5.11 Å². The van der Waals surface area contributed by atoms with Gasteiger partial charge in [-0.1, -0.05) is 43.2 Å². The number of aliphatic hydroxyl groups is 1. The predicted octanol–water partition coefficient (Wildman–Crippen LogP) is 2.81. The maximum Gasteiger partial charge on any atom is 0.0620 e. The molecule has 1 spiro atoms. The van der Waals surface area contributed by atoms with Gasteiger partial charge in [0, 0.05) is 25.0 Å². The van der Waals surface area contributed by atoms with Crippen LogP contribution in [0.5, 0.6) is 0 Å². The molecule has 2 fully saturated rings. The lowest BCUT2D eigenvalue weighted by Gasteiger charge is -2.44. The Hall–Kier alpha value is -0.860. The van der Waals surface area contributed by atoms with Crippen molar-refractivity contribution in [1.29, 1.82) is 0 Å². The summed E-state index contributed by atoms with van der Waals surface area (Å²) in [5.41, 5.74) is 1.61. The highest BCUT2D eigenvalue weighted by molar-refractivity contribution is 5.14. The number of piperidine rings is 1. The SMILES string of the molecule is OC1CCN(Cc2ccccc2)CC12CCCC2. The van der Waals surface area contributed by atoms with E-state index in [1.807, 2.05) is 0 Å². The molecule has 0 bridgehead atoms. The van der Waals surface area contributed by atoms with E-state index in [1.165, 1.54) is 31.2 Å². The molecule has 1 saturated heterocycles. The zero-order chi connectivity index (χ0) is 12.4. The van der Waals surface area contributed by atoms with Crippen LogP contribution in [0.1, 0.15) is 37.7 Å². The molecule has 0 amide bonds. The summed E-state index contributed by atoms with van der Waals surface area (Å²) in [4.78, 5) is 2.54. The van der Waals surface area contributed by atoms with Gasteiger partial charge in [0.1, 0.15) is 0 Å². The molecule has 1 unspecified atom stereocenters. The van der Waals surface area contributed by atoms with Crippen LogP contribution >= 0.6 is 0 Å². The molecule has 2 heteroatoms. The molecular weight excluding hydrogens is 222 g/mol. The van der Waals surface area contributed by atoms with Crippen LogP contribution in [-0.4, -0.2) is 29.2 Å². The van der Waals surface area contributed by atoms with Crippen LogP contribution in [0.4, 0.5) is 0 Å². The van der Waals surface area contributed by atoms with E-state index in [4.69, 9.17) is 0 Å². The van der Waals surface area contributed by atoms with Gasteiger partial charge in [0.2, 0.25) is 0 Å². The second-order valence-electron chi connectivity index (χ2n) is 6.07. The summed E-state index contributed by atoms with van der Waals surface area (Å²) < 4.78 is 0. The maximum absolute atomic E-state index is 10.3. The Kier molecular flexibility index (Phi) is 3.40. The Morgan fingerprint density at radius 2 is 1.89 bits per heavy atom. The smallest absolute Gasteiger partial charge is 0.0620 e. The lowest BCUT2D eigenvalue weighted by atomic mass is 9.76. The number of rotatable bonds is 2. The minimum absolute atomic E-state index is 0.0629. The fourth-order valence-electron chi connectivity index (χ4n) is 3.79. The van der Waals surface area contributed by atoms with Gasteiger partial charge < -0.3 is 5.11 Å². The molecule has 1 heterocycles. The minimum Gasteiger partial charge on any atom is -0.392 e. The molecule has 2 nitrogen and oxygen atoms in total. The molecule has 98 valence electrons. The molecule has 1 aromatic rings. The Morgan fingerprint density at radius 3 is 2.61 bits per heavy atom. The molecule has 0 radical (unpaired) electrons. The third-order valence-corrected chi connectivity index (χ3v) is 4.81. The number of hydrogen-bond acceptors (Lipinski definition) is 2. The van der Waals surface area contributed by atoms with E-state index in [-0.39, 0.29) is 11.5 Å². The summed E-state index contributed by atoms with van der Waals surface area (Å²) in [6, 6.07) is 10.7. The third kappa shape index (κ3) is 2.32. The zero-order valence-electron chi connectivity index (χ0n) is 11.0. The van der Waals surface area contributed by atoms with Crippen molar-refractivity contribution in [2.75, 3.05) is 13.1 Å².